The molecule has 0 aromatic heterocycles. The summed E-state index contributed by atoms with van der Waals surface area (Å²) in [7, 11) is 2.49. The maximum atomic E-state index is 5.06. The second kappa shape index (κ2) is 6.57. The molecular formula is C12H16OSi. The van der Waals surface area contributed by atoms with Crippen molar-refractivity contribution in [3.8, 4) is 0 Å². The van der Waals surface area contributed by atoms with Crippen LogP contribution in [0.3, 0.4) is 0 Å². The Bertz CT molecular complexity index is 294. The van der Waals surface area contributed by atoms with Gasteiger partial charge in [-0.15, -0.1) is 0 Å². The van der Waals surface area contributed by atoms with Crippen LogP contribution < -0.4 is 5.19 Å². The third kappa shape index (κ3) is 3.90. The van der Waals surface area contributed by atoms with Gasteiger partial charge in [0.25, 0.3) is 0 Å². The molecule has 1 rings (SSSR count). The topological polar surface area (TPSA) is 9.23 Å². The van der Waals surface area contributed by atoms with Crippen LogP contribution in [0.5, 0.6) is 0 Å². The molecule has 74 valence electrons. The minimum Gasteiger partial charge on any atom is -0.388 e. The zero-order valence-corrected chi connectivity index (χ0v) is 9.79. The SMILES string of the molecule is CCC=Cc1cccc([Si]COC)c1. The first-order valence-electron chi connectivity index (χ1n) is 4.86. The van der Waals surface area contributed by atoms with Crippen LogP contribution in [-0.4, -0.2) is 22.9 Å². The number of hydrogen-bond donors (Lipinski definition) is 0. The van der Waals surface area contributed by atoms with Gasteiger partial charge in [-0.1, -0.05) is 48.5 Å². The number of ether oxygens (including phenoxy) is 1. The van der Waals surface area contributed by atoms with Crippen LogP contribution in [0.1, 0.15) is 18.9 Å². The summed E-state index contributed by atoms with van der Waals surface area (Å²) in [4.78, 5) is 0. The Balaban J connectivity index is 2.63. The van der Waals surface area contributed by atoms with Crippen molar-refractivity contribution in [1.29, 1.82) is 0 Å². The summed E-state index contributed by atoms with van der Waals surface area (Å²) >= 11 is 0. The Morgan fingerprint density at radius 1 is 1.43 bits per heavy atom. The van der Waals surface area contributed by atoms with Crippen molar-refractivity contribution in [2.75, 3.05) is 13.3 Å². The zero-order valence-electron chi connectivity index (χ0n) is 8.79. The summed E-state index contributed by atoms with van der Waals surface area (Å²) in [6.45, 7) is 2.15. The molecule has 0 atom stereocenters. The minimum absolute atomic E-state index is 0.750. The first kappa shape index (κ1) is 11.2. The average molecular weight is 204 g/mol. The smallest absolute Gasteiger partial charge is 0.114 e. The van der Waals surface area contributed by atoms with E-state index in [-0.39, 0.29) is 0 Å². The van der Waals surface area contributed by atoms with Gasteiger partial charge in [-0.05, 0) is 12.0 Å². The van der Waals surface area contributed by atoms with Crippen LogP contribution in [0.4, 0.5) is 0 Å². The Labute approximate surface area is 88.6 Å². The lowest BCUT2D eigenvalue weighted by molar-refractivity contribution is 0.252. The molecule has 0 aliphatic heterocycles. The van der Waals surface area contributed by atoms with Gasteiger partial charge in [0, 0.05) is 13.3 Å². The van der Waals surface area contributed by atoms with Crippen molar-refractivity contribution in [2.24, 2.45) is 0 Å². The monoisotopic (exact) mass is 204 g/mol. The van der Waals surface area contributed by atoms with Gasteiger partial charge >= 0.3 is 0 Å². The average Bonchev–Trinajstić information content (AvgIpc) is 2.24. The molecule has 14 heavy (non-hydrogen) atoms. The summed E-state index contributed by atoms with van der Waals surface area (Å²) in [5, 5.41) is 1.37. The van der Waals surface area contributed by atoms with Gasteiger partial charge in [-0.2, -0.15) is 0 Å². The summed E-state index contributed by atoms with van der Waals surface area (Å²) < 4.78 is 5.06. The number of rotatable bonds is 5. The molecule has 0 heterocycles. The van der Waals surface area contributed by atoms with Crippen LogP contribution in [0.15, 0.2) is 30.3 Å². The van der Waals surface area contributed by atoms with E-state index in [4.69, 9.17) is 4.74 Å². The first-order valence-corrected chi connectivity index (χ1v) is 6.07. The van der Waals surface area contributed by atoms with Gasteiger partial charge in [0.1, 0.15) is 9.52 Å². The molecule has 0 N–H and O–H groups in total. The molecule has 0 amide bonds. The zero-order chi connectivity index (χ0) is 10.2. The fraction of sp³-hybridized carbons (Fsp3) is 0.333. The van der Waals surface area contributed by atoms with Crippen molar-refractivity contribution in [1.82, 2.24) is 0 Å². The predicted octanol–water partition coefficient (Wildman–Crippen LogP) is 2.04. The van der Waals surface area contributed by atoms with E-state index in [9.17, 15) is 0 Å². The summed E-state index contributed by atoms with van der Waals surface area (Å²) in [5.41, 5.74) is 1.29. The van der Waals surface area contributed by atoms with Gasteiger partial charge in [-0.25, -0.2) is 0 Å². The van der Waals surface area contributed by atoms with Crippen LogP contribution in [0.2, 0.25) is 0 Å². The molecule has 0 bridgehead atoms. The van der Waals surface area contributed by atoms with Crippen molar-refractivity contribution in [3.63, 3.8) is 0 Å². The third-order valence-electron chi connectivity index (χ3n) is 1.85. The lowest BCUT2D eigenvalue weighted by Gasteiger charge is -2.00. The predicted molar refractivity (Wildman–Crippen MR) is 63.0 cm³/mol. The van der Waals surface area contributed by atoms with Gasteiger partial charge in [-0.3, -0.25) is 0 Å². The lowest BCUT2D eigenvalue weighted by atomic mass is 10.2. The molecule has 0 unspecified atom stereocenters. The summed E-state index contributed by atoms with van der Waals surface area (Å²) in [6.07, 6.45) is 6.25. The van der Waals surface area contributed by atoms with E-state index in [1.807, 2.05) is 0 Å². The van der Waals surface area contributed by atoms with Crippen molar-refractivity contribution in [3.05, 3.63) is 35.9 Å². The van der Waals surface area contributed by atoms with E-state index >= 15 is 0 Å². The number of allylic oxidation sites excluding steroid dienone is 1. The van der Waals surface area contributed by atoms with E-state index in [0.29, 0.717) is 0 Å². The van der Waals surface area contributed by atoms with E-state index in [0.717, 1.165) is 22.2 Å². The molecule has 0 aliphatic carbocycles. The fourth-order valence-electron chi connectivity index (χ4n) is 1.16. The van der Waals surface area contributed by atoms with Crippen LogP contribution in [0.25, 0.3) is 6.08 Å². The quantitative estimate of drug-likeness (QED) is 0.667. The van der Waals surface area contributed by atoms with Gasteiger partial charge in [0.15, 0.2) is 0 Å². The Hall–Kier alpha value is -0.863. The highest BCUT2D eigenvalue weighted by molar-refractivity contribution is 6.53. The van der Waals surface area contributed by atoms with E-state index < -0.39 is 0 Å². The minimum atomic E-state index is 0.750. The first-order chi connectivity index (χ1) is 6.86. The molecule has 1 aromatic rings. The normalized spacial score (nSPS) is 11.0. The number of benzene rings is 1. The second-order valence-corrected chi connectivity index (χ2v) is 4.27. The van der Waals surface area contributed by atoms with Crippen molar-refractivity contribution >= 4 is 20.8 Å². The highest BCUT2D eigenvalue weighted by Gasteiger charge is 1.94. The molecular weight excluding hydrogens is 188 g/mol. The summed E-state index contributed by atoms with van der Waals surface area (Å²) in [6, 6.07) is 8.62. The van der Waals surface area contributed by atoms with Gasteiger partial charge in [0.2, 0.25) is 0 Å². The molecule has 0 spiro atoms. The third-order valence-corrected chi connectivity index (χ3v) is 3.01. The van der Waals surface area contributed by atoms with Gasteiger partial charge in [0.05, 0.1) is 0 Å². The Morgan fingerprint density at radius 2 is 2.29 bits per heavy atom. The van der Waals surface area contributed by atoms with Gasteiger partial charge < -0.3 is 4.74 Å². The molecule has 0 aliphatic rings. The standard InChI is InChI=1S/C12H16OSi/c1-3-4-6-11-7-5-8-12(9-11)14-10-13-2/h4-9H,3,10H2,1-2H3. The van der Waals surface area contributed by atoms with Crippen LogP contribution in [-0.2, 0) is 4.74 Å². The van der Waals surface area contributed by atoms with Crippen LogP contribution in [0, 0.1) is 0 Å². The second-order valence-electron chi connectivity index (χ2n) is 3.05. The number of hydrogen-bond acceptors (Lipinski definition) is 1. The maximum absolute atomic E-state index is 5.06. The van der Waals surface area contributed by atoms with E-state index in [1.165, 1.54) is 10.8 Å². The van der Waals surface area contributed by atoms with Crippen molar-refractivity contribution in [2.45, 2.75) is 13.3 Å². The molecule has 2 heteroatoms. The van der Waals surface area contributed by atoms with Crippen molar-refractivity contribution < 1.29 is 4.74 Å². The molecule has 0 saturated heterocycles. The molecule has 2 radical (unpaired) electrons. The maximum Gasteiger partial charge on any atom is 0.114 e. The van der Waals surface area contributed by atoms with E-state index in [2.05, 4.69) is 43.3 Å². The number of methoxy groups -OCH3 is 1. The summed E-state index contributed by atoms with van der Waals surface area (Å²) in [5.74, 6) is 0. The molecule has 0 fully saturated rings. The Kier molecular flexibility index (Phi) is 5.26. The van der Waals surface area contributed by atoms with Crippen LogP contribution >= 0.6 is 0 Å². The fourth-order valence-corrected chi connectivity index (χ4v) is 1.96. The highest BCUT2D eigenvalue weighted by Crippen LogP contribution is 2.00. The molecule has 0 saturated carbocycles. The highest BCUT2D eigenvalue weighted by atomic mass is 28.2. The lowest BCUT2D eigenvalue weighted by Crippen LogP contribution is -2.18. The molecule has 1 aromatic carbocycles. The Morgan fingerprint density at radius 3 is 3.00 bits per heavy atom. The van der Waals surface area contributed by atoms with E-state index in [1.54, 1.807) is 7.11 Å². The molecule has 1 nitrogen and oxygen atoms in total. The largest absolute Gasteiger partial charge is 0.388 e.